The van der Waals surface area contributed by atoms with Crippen molar-refractivity contribution in [2.45, 2.75) is 45.6 Å². The second-order valence-corrected chi connectivity index (χ2v) is 9.28. The van der Waals surface area contributed by atoms with E-state index in [1.807, 2.05) is 60.7 Å². The van der Waals surface area contributed by atoms with Gasteiger partial charge in [-0.2, -0.15) is 0 Å². The van der Waals surface area contributed by atoms with E-state index in [2.05, 4.69) is 20.9 Å². The zero-order chi connectivity index (χ0) is 28.5. The topological polar surface area (TPSA) is 135 Å². The van der Waals surface area contributed by atoms with E-state index in [-0.39, 0.29) is 25.4 Å². The largest absolute Gasteiger partial charge is 0.445 e. The average Bonchev–Trinajstić information content (AvgIpc) is 2.95. The van der Waals surface area contributed by atoms with Crippen molar-refractivity contribution in [2.24, 2.45) is 4.99 Å². The normalized spacial score (nSPS) is 13.7. The number of aliphatic imine (C=N–C) groups is 1. The first-order valence-corrected chi connectivity index (χ1v) is 12.8. The van der Waals surface area contributed by atoms with Crippen LogP contribution in [0.4, 0.5) is 21.0 Å². The summed E-state index contributed by atoms with van der Waals surface area (Å²) in [5.41, 5.74) is 3.33. The SMILES string of the molecule is C[C@H](NC(=O)OCc1ccccc1)C1=Nc2cc(NC(=O)[C@@H](C)NC(=O)OCc3ccccc3)ccc2C(=O)C1. The zero-order valence-electron chi connectivity index (χ0n) is 22.2. The summed E-state index contributed by atoms with van der Waals surface area (Å²) in [6.07, 6.45) is -1.30. The van der Waals surface area contributed by atoms with Crippen molar-refractivity contribution in [3.8, 4) is 0 Å². The minimum atomic E-state index is -0.883. The third-order valence-corrected chi connectivity index (χ3v) is 6.16. The number of carbonyl (C=O) groups excluding carboxylic acids is 4. The number of anilines is 1. The fraction of sp³-hybridized carbons (Fsp3) is 0.233. The number of benzene rings is 3. The molecule has 0 radical (unpaired) electrons. The molecule has 2 atom stereocenters. The number of amides is 3. The van der Waals surface area contributed by atoms with Gasteiger partial charge in [-0.05, 0) is 43.2 Å². The van der Waals surface area contributed by atoms with Crippen molar-refractivity contribution in [3.05, 3.63) is 95.6 Å². The summed E-state index contributed by atoms with van der Waals surface area (Å²) in [6, 6.07) is 21.8. The Morgan fingerprint density at radius 3 is 2.00 bits per heavy atom. The maximum absolute atomic E-state index is 12.8. The fourth-order valence-electron chi connectivity index (χ4n) is 3.92. The number of hydrogen-bond donors (Lipinski definition) is 3. The first-order chi connectivity index (χ1) is 19.3. The maximum atomic E-state index is 12.8. The molecule has 1 heterocycles. The van der Waals surface area contributed by atoms with Crippen LogP contribution in [0.5, 0.6) is 0 Å². The molecule has 0 saturated carbocycles. The number of fused-ring (bicyclic) bond motifs is 1. The zero-order valence-corrected chi connectivity index (χ0v) is 22.2. The first kappa shape index (κ1) is 28.0. The van der Waals surface area contributed by atoms with Crippen molar-refractivity contribution in [1.82, 2.24) is 10.6 Å². The van der Waals surface area contributed by atoms with E-state index in [1.54, 1.807) is 25.1 Å². The Kier molecular flexibility index (Phi) is 9.24. The van der Waals surface area contributed by atoms with Crippen LogP contribution in [-0.4, -0.2) is 41.7 Å². The molecule has 10 heteroatoms. The summed E-state index contributed by atoms with van der Waals surface area (Å²) in [5.74, 6) is -0.625. The van der Waals surface area contributed by atoms with Crippen LogP contribution in [0.15, 0.2) is 83.9 Å². The predicted molar refractivity (Wildman–Crippen MR) is 150 cm³/mol. The molecule has 0 fully saturated rings. The molecule has 4 rings (SSSR count). The van der Waals surface area contributed by atoms with Crippen LogP contribution in [0.25, 0.3) is 0 Å². The lowest BCUT2D eigenvalue weighted by Crippen LogP contribution is -2.41. The number of nitrogens with zero attached hydrogens (tertiary/aromatic N) is 1. The molecule has 3 N–H and O–H groups in total. The molecule has 206 valence electrons. The molecule has 10 nitrogen and oxygen atoms in total. The van der Waals surface area contributed by atoms with Crippen LogP contribution in [0.2, 0.25) is 0 Å². The summed E-state index contributed by atoms with van der Waals surface area (Å²) in [5, 5.41) is 7.91. The van der Waals surface area contributed by atoms with Gasteiger partial charge in [-0.3, -0.25) is 14.6 Å². The molecule has 3 aromatic rings. The van der Waals surface area contributed by atoms with E-state index in [0.29, 0.717) is 22.6 Å². The highest BCUT2D eigenvalue weighted by Crippen LogP contribution is 2.30. The Balaban J connectivity index is 1.32. The van der Waals surface area contributed by atoms with Crippen LogP contribution in [-0.2, 0) is 27.5 Å². The van der Waals surface area contributed by atoms with E-state index in [4.69, 9.17) is 9.47 Å². The number of Topliss-reactive ketones (excluding diaryl/α,β-unsaturated/α-hetero) is 1. The Bertz CT molecular complexity index is 1410. The Morgan fingerprint density at radius 1 is 0.825 bits per heavy atom. The molecule has 1 aliphatic heterocycles. The lowest BCUT2D eigenvalue weighted by atomic mass is 9.96. The third-order valence-electron chi connectivity index (χ3n) is 6.16. The number of ether oxygens (including phenoxy) is 2. The minimum absolute atomic E-state index is 0.0465. The van der Waals surface area contributed by atoms with Crippen LogP contribution in [0, 0.1) is 0 Å². The molecule has 0 bridgehead atoms. The highest BCUT2D eigenvalue weighted by Gasteiger charge is 2.25. The Morgan fingerprint density at radius 2 is 1.40 bits per heavy atom. The van der Waals surface area contributed by atoms with E-state index in [0.717, 1.165) is 11.1 Å². The van der Waals surface area contributed by atoms with Gasteiger partial charge in [0, 0.05) is 17.0 Å². The number of carbonyl (C=O) groups is 4. The van der Waals surface area contributed by atoms with E-state index in [9.17, 15) is 19.2 Å². The quantitative estimate of drug-likeness (QED) is 0.352. The summed E-state index contributed by atoms with van der Waals surface area (Å²) in [6.45, 7) is 3.45. The number of hydrogen-bond acceptors (Lipinski definition) is 7. The Labute approximate surface area is 231 Å². The lowest BCUT2D eigenvalue weighted by molar-refractivity contribution is -0.117. The molecule has 0 aliphatic carbocycles. The van der Waals surface area contributed by atoms with Gasteiger partial charge in [-0.1, -0.05) is 60.7 Å². The monoisotopic (exact) mass is 542 g/mol. The molecule has 40 heavy (non-hydrogen) atoms. The number of rotatable bonds is 9. The second kappa shape index (κ2) is 13.2. The molecular formula is C30H30N4O6. The van der Waals surface area contributed by atoms with Crippen molar-refractivity contribution in [3.63, 3.8) is 0 Å². The van der Waals surface area contributed by atoms with Gasteiger partial charge in [0.15, 0.2) is 5.78 Å². The van der Waals surface area contributed by atoms with Gasteiger partial charge in [-0.25, -0.2) is 9.59 Å². The number of ketones is 1. The van der Waals surface area contributed by atoms with Crippen molar-refractivity contribution in [2.75, 3.05) is 5.32 Å². The van der Waals surface area contributed by atoms with Gasteiger partial charge in [-0.15, -0.1) is 0 Å². The van der Waals surface area contributed by atoms with Crippen molar-refractivity contribution < 1.29 is 28.7 Å². The van der Waals surface area contributed by atoms with Crippen LogP contribution >= 0.6 is 0 Å². The highest BCUT2D eigenvalue weighted by molar-refractivity contribution is 6.17. The summed E-state index contributed by atoms with van der Waals surface area (Å²) in [7, 11) is 0. The van der Waals surface area contributed by atoms with Crippen LogP contribution in [0.3, 0.4) is 0 Å². The van der Waals surface area contributed by atoms with Crippen LogP contribution in [0.1, 0.15) is 41.8 Å². The molecule has 0 spiro atoms. The average molecular weight is 543 g/mol. The molecule has 1 aliphatic rings. The van der Waals surface area contributed by atoms with E-state index in [1.165, 1.54) is 6.92 Å². The van der Waals surface area contributed by atoms with Crippen molar-refractivity contribution in [1.29, 1.82) is 0 Å². The third kappa shape index (κ3) is 7.76. The van der Waals surface area contributed by atoms with Gasteiger partial charge in [0.1, 0.15) is 19.3 Å². The first-order valence-electron chi connectivity index (χ1n) is 12.8. The molecule has 0 aromatic heterocycles. The van der Waals surface area contributed by atoms with Gasteiger partial charge < -0.3 is 25.4 Å². The van der Waals surface area contributed by atoms with E-state index >= 15 is 0 Å². The van der Waals surface area contributed by atoms with Gasteiger partial charge >= 0.3 is 12.2 Å². The molecule has 3 aromatic carbocycles. The summed E-state index contributed by atoms with van der Waals surface area (Å²) >= 11 is 0. The fourth-order valence-corrected chi connectivity index (χ4v) is 3.92. The number of nitrogens with one attached hydrogen (secondary N) is 3. The maximum Gasteiger partial charge on any atom is 0.408 e. The number of alkyl carbamates (subject to hydrolysis) is 2. The van der Waals surface area contributed by atoms with Crippen LogP contribution < -0.4 is 16.0 Å². The minimum Gasteiger partial charge on any atom is -0.445 e. The molecule has 3 amide bonds. The van der Waals surface area contributed by atoms with Gasteiger partial charge in [0.25, 0.3) is 0 Å². The highest BCUT2D eigenvalue weighted by atomic mass is 16.6. The second-order valence-electron chi connectivity index (χ2n) is 9.28. The van der Waals surface area contributed by atoms with Gasteiger partial charge in [0.2, 0.25) is 5.91 Å². The standard InChI is InChI=1S/C30H30N4O6/c1-19(31-29(37)39-17-21-9-5-3-6-10-21)25-16-27(35)24-14-13-23(15-26(24)34-25)33-28(36)20(2)32-30(38)40-18-22-11-7-4-8-12-22/h3-15,19-20H,16-18H2,1-2H3,(H,31,37)(H,32,38)(H,33,36)/t19-,20+/m0/s1. The predicted octanol–water partition coefficient (Wildman–Crippen LogP) is 4.91. The van der Waals surface area contributed by atoms with E-state index < -0.39 is 30.2 Å². The molecule has 0 unspecified atom stereocenters. The summed E-state index contributed by atoms with van der Waals surface area (Å²) < 4.78 is 10.4. The molecular weight excluding hydrogens is 512 g/mol. The van der Waals surface area contributed by atoms with Gasteiger partial charge in [0.05, 0.1) is 18.2 Å². The van der Waals surface area contributed by atoms with Crippen molar-refractivity contribution >= 4 is 41.0 Å². The smallest absolute Gasteiger partial charge is 0.408 e. The Hall–Kier alpha value is -4.99. The summed E-state index contributed by atoms with van der Waals surface area (Å²) in [4.78, 5) is 54.3. The molecule has 0 saturated heterocycles. The lowest BCUT2D eigenvalue weighted by Gasteiger charge is -2.21.